The summed E-state index contributed by atoms with van der Waals surface area (Å²) in [7, 11) is 0. The van der Waals surface area contributed by atoms with E-state index in [1.807, 2.05) is 13.8 Å². The summed E-state index contributed by atoms with van der Waals surface area (Å²) in [4.78, 5) is 10.5. The number of hydrogen-bond acceptors (Lipinski definition) is 2. The molecule has 0 aliphatic rings. The maximum Gasteiger partial charge on any atom is 0.307 e. The maximum absolute atomic E-state index is 10.5. The molecule has 0 saturated heterocycles. The van der Waals surface area contributed by atoms with E-state index in [9.17, 15) is 4.79 Å². The van der Waals surface area contributed by atoms with Gasteiger partial charge in [0, 0.05) is 12.6 Å². The van der Waals surface area contributed by atoms with Crippen LogP contribution in [0.15, 0.2) is 12.2 Å². The standard InChI is InChI=1S/C9H17NO2/c1-6(2)5-10-8(4)7(3)9(11)12/h7-8,10H,1,5H2,2-4H3,(H,11,12). The van der Waals surface area contributed by atoms with E-state index in [1.165, 1.54) is 0 Å². The number of carboxylic acid groups (broad SMARTS) is 1. The fraction of sp³-hybridized carbons (Fsp3) is 0.667. The third kappa shape index (κ3) is 4.13. The highest BCUT2D eigenvalue weighted by Gasteiger charge is 2.17. The van der Waals surface area contributed by atoms with Crippen LogP contribution < -0.4 is 5.32 Å². The van der Waals surface area contributed by atoms with Gasteiger partial charge in [0.25, 0.3) is 0 Å². The predicted octanol–water partition coefficient (Wildman–Crippen LogP) is 1.26. The zero-order valence-corrected chi connectivity index (χ0v) is 7.92. The number of hydrogen-bond donors (Lipinski definition) is 2. The summed E-state index contributed by atoms with van der Waals surface area (Å²) in [5.41, 5.74) is 1.01. The molecule has 0 aromatic carbocycles. The molecule has 2 N–H and O–H groups in total. The van der Waals surface area contributed by atoms with Crippen LogP contribution in [0.2, 0.25) is 0 Å². The molecule has 0 spiro atoms. The summed E-state index contributed by atoms with van der Waals surface area (Å²) < 4.78 is 0. The molecule has 70 valence electrons. The van der Waals surface area contributed by atoms with Crippen molar-refractivity contribution in [1.29, 1.82) is 0 Å². The Morgan fingerprint density at radius 2 is 2.08 bits per heavy atom. The number of nitrogens with one attached hydrogen (secondary N) is 1. The summed E-state index contributed by atoms with van der Waals surface area (Å²) in [6.07, 6.45) is 0. The zero-order chi connectivity index (χ0) is 9.72. The Balaban J connectivity index is 3.79. The van der Waals surface area contributed by atoms with Crippen molar-refractivity contribution in [3.05, 3.63) is 12.2 Å². The minimum atomic E-state index is -0.767. The molecule has 0 amide bonds. The van der Waals surface area contributed by atoms with Crippen LogP contribution in [0.5, 0.6) is 0 Å². The molecule has 0 bridgehead atoms. The van der Waals surface area contributed by atoms with Gasteiger partial charge in [-0.25, -0.2) is 0 Å². The molecular weight excluding hydrogens is 154 g/mol. The first-order valence-electron chi connectivity index (χ1n) is 4.05. The van der Waals surface area contributed by atoms with E-state index in [-0.39, 0.29) is 12.0 Å². The Kier molecular flexibility index (Phi) is 4.59. The van der Waals surface area contributed by atoms with Crippen LogP contribution in [-0.4, -0.2) is 23.7 Å². The van der Waals surface area contributed by atoms with Gasteiger partial charge in [-0.3, -0.25) is 4.79 Å². The smallest absolute Gasteiger partial charge is 0.307 e. The van der Waals surface area contributed by atoms with Crippen molar-refractivity contribution < 1.29 is 9.90 Å². The van der Waals surface area contributed by atoms with E-state index in [4.69, 9.17) is 5.11 Å². The van der Waals surface area contributed by atoms with Crippen LogP contribution in [0.1, 0.15) is 20.8 Å². The average molecular weight is 171 g/mol. The minimum Gasteiger partial charge on any atom is -0.481 e. The van der Waals surface area contributed by atoms with Gasteiger partial charge >= 0.3 is 5.97 Å². The Hall–Kier alpha value is -0.830. The van der Waals surface area contributed by atoms with Crippen molar-refractivity contribution in [3.63, 3.8) is 0 Å². The molecule has 0 aliphatic heterocycles. The van der Waals surface area contributed by atoms with E-state index >= 15 is 0 Å². The van der Waals surface area contributed by atoms with Gasteiger partial charge in [0.05, 0.1) is 5.92 Å². The van der Waals surface area contributed by atoms with Crippen molar-refractivity contribution in [2.45, 2.75) is 26.8 Å². The molecule has 0 radical (unpaired) electrons. The second kappa shape index (κ2) is 4.93. The Morgan fingerprint density at radius 1 is 1.58 bits per heavy atom. The second-order valence-corrected chi connectivity index (χ2v) is 3.25. The van der Waals surface area contributed by atoms with E-state index in [0.717, 1.165) is 5.57 Å². The van der Waals surface area contributed by atoms with Gasteiger partial charge in [0.2, 0.25) is 0 Å². The average Bonchev–Trinajstić information content (AvgIpc) is 1.98. The van der Waals surface area contributed by atoms with Gasteiger partial charge in [0.1, 0.15) is 0 Å². The summed E-state index contributed by atoms with van der Waals surface area (Å²) in [5.74, 6) is -1.12. The van der Waals surface area contributed by atoms with Gasteiger partial charge in [-0.1, -0.05) is 19.1 Å². The van der Waals surface area contributed by atoms with E-state index < -0.39 is 5.97 Å². The zero-order valence-electron chi connectivity index (χ0n) is 7.92. The molecule has 0 aromatic rings. The lowest BCUT2D eigenvalue weighted by molar-refractivity contribution is -0.141. The van der Waals surface area contributed by atoms with Gasteiger partial charge < -0.3 is 10.4 Å². The van der Waals surface area contributed by atoms with Crippen LogP contribution in [0.3, 0.4) is 0 Å². The molecule has 2 unspecified atom stereocenters. The largest absolute Gasteiger partial charge is 0.481 e. The number of carboxylic acids is 1. The Bertz CT molecular complexity index is 177. The molecule has 0 saturated carbocycles. The first-order valence-corrected chi connectivity index (χ1v) is 4.05. The predicted molar refractivity (Wildman–Crippen MR) is 49.1 cm³/mol. The van der Waals surface area contributed by atoms with E-state index in [1.54, 1.807) is 6.92 Å². The van der Waals surface area contributed by atoms with Crippen molar-refractivity contribution in [2.75, 3.05) is 6.54 Å². The molecule has 0 aliphatic carbocycles. The van der Waals surface area contributed by atoms with E-state index in [0.29, 0.717) is 6.54 Å². The highest BCUT2D eigenvalue weighted by atomic mass is 16.4. The van der Waals surface area contributed by atoms with Crippen LogP contribution in [-0.2, 0) is 4.79 Å². The molecule has 3 heteroatoms. The van der Waals surface area contributed by atoms with Crippen LogP contribution in [0, 0.1) is 5.92 Å². The fourth-order valence-electron chi connectivity index (χ4n) is 0.726. The monoisotopic (exact) mass is 171 g/mol. The van der Waals surface area contributed by atoms with Crippen LogP contribution in [0.4, 0.5) is 0 Å². The summed E-state index contributed by atoms with van der Waals surface area (Å²) in [6, 6.07) is -0.0146. The molecule has 0 heterocycles. The number of aliphatic carboxylic acids is 1. The fourth-order valence-corrected chi connectivity index (χ4v) is 0.726. The summed E-state index contributed by atoms with van der Waals surface area (Å²) in [6.45, 7) is 9.86. The Morgan fingerprint density at radius 3 is 2.42 bits per heavy atom. The highest BCUT2D eigenvalue weighted by Crippen LogP contribution is 2.02. The van der Waals surface area contributed by atoms with Crippen molar-refractivity contribution >= 4 is 5.97 Å². The summed E-state index contributed by atoms with van der Waals surface area (Å²) >= 11 is 0. The Labute approximate surface area is 73.5 Å². The van der Waals surface area contributed by atoms with Gasteiger partial charge in [-0.2, -0.15) is 0 Å². The van der Waals surface area contributed by atoms with Gasteiger partial charge in [-0.05, 0) is 13.8 Å². The molecule has 0 rings (SSSR count). The van der Waals surface area contributed by atoms with Crippen LogP contribution >= 0.6 is 0 Å². The molecule has 3 nitrogen and oxygen atoms in total. The topological polar surface area (TPSA) is 49.3 Å². The first kappa shape index (κ1) is 11.2. The lowest BCUT2D eigenvalue weighted by atomic mass is 10.0. The molecule has 2 atom stereocenters. The first-order chi connectivity index (χ1) is 5.45. The summed E-state index contributed by atoms with van der Waals surface area (Å²) in [5, 5.41) is 11.7. The van der Waals surface area contributed by atoms with Crippen molar-refractivity contribution in [2.24, 2.45) is 5.92 Å². The quantitative estimate of drug-likeness (QED) is 0.612. The molecular formula is C9H17NO2. The lowest BCUT2D eigenvalue weighted by Gasteiger charge is -2.17. The lowest BCUT2D eigenvalue weighted by Crippen LogP contribution is -2.36. The molecule has 0 aromatic heterocycles. The second-order valence-electron chi connectivity index (χ2n) is 3.25. The number of carbonyl (C=O) groups is 1. The third-order valence-electron chi connectivity index (χ3n) is 1.87. The molecule has 12 heavy (non-hydrogen) atoms. The van der Waals surface area contributed by atoms with Crippen LogP contribution in [0.25, 0.3) is 0 Å². The highest BCUT2D eigenvalue weighted by molar-refractivity contribution is 5.70. The van der Waals surface area contributed by atoms with Gasteiger partial charge in [-0.15, -0.1) is 0 Å². The SMILES string of the molecule is C=C(C)CNC(C)C(C)C(=O)O. The van der Waals surface area contributed by atoms with Crippen molar-refractivity contribution in [3.8, 4) is 0 Å². The van der Waals surface area contributed by atoms with E-state index in [2.05, 4.69) is 11.9 Å². The van der Waals surface area contributed by atoms with Crippen molar-refractivity contribution in [1.82, 2.24) is 5.32 Å². The minimum absolute atomic E-state index is 0.0146. The third-order valence-corrected chi connectivity index (χ3v) is 1.87. The number of rotatable bonds is 5. The maximum atomic E-state index is 10.5. The normalized spacial score (nSPS) is 15.2. The van der Waals surface area contributed by atoms with Gasteiger partial charge in [0.15, 0.2) is 0 Å². The molecule has 0 fully saturated rings.